The van der Waals surface area contributed by atoms with Crippen LogP contribution in [0.1, 0.15) is 12.0 Å². The maximum absolute atomic E-state index is 11.6. The molecule has 1 amide bonds. The van der Waals surface area contributed by atoms with Crippen LogP contribution in [0.5, 0.6) is 5.75 Å². The first-order chi connectivity index (χ1) is 10.1. The van der Waals surface area contributed by atoms with E-state index in [1.54, 1.807) is 24.3 Å². The van der Waals surface area contributed by atoms with Crippen LogP contribution in [0.4, 0.5) is 5.69 Å². The number of halogens is 1. The van der Waals surface area contributed by atoms with Gasteiger partial charge in [-0.25, -0.2) is 0 Å². The maximum Gasteiger partial charge on any atom is 0.241 e. The monoisotopic (exact) mass is 304 g/mol. The lowest BCUT2D eigenvalue weighted by Crippen LogP contribution is -2.30. The van der Waals surface area contributed by atoms with Crippen LogP contribution >= 0.6 is 11.6 Å². The summed E-state index contributed by atoms with van der Waals surface area (Å²) in [5.41, 5.74) is 7.36. The van der Waals surface area contributed by atoms with Gasteiger partial charge in [0.25, 0.3) is 0 Å². The summed E-state index contributed by atoms with van der Waals surface area (Å²) >= 11 is 5.78. The van der Waals surface area contributed by atoms with Gasteiger partial charge >= 0.3 is 0 Å². The standard InChI is InChI=1S/C16H17ClN2O2/c1-12-2-8-15(9-3-12)21-11-10-16(20)19-18-14-6-4-13(17)5-7-14/h2-9,18H,10-11H2,1H3,(H,19,20). The Morgan fingerprint density at radius 2 is 1.76 bits per heavy atom. The maximum atomic E-state index is 11.6. The van der Waals surface area contributed by atoms with Crippen LogP contribution in [0.2, 0.25) is 5.02 Å². The van der Waals surface area contributed by atoms with Crippen LogP contribution in [0.3, 0.4) is 0 Å². The molecule has 2 rings (SSSR count). The van der Waals surface area contributed by atoms with Crippen LogP contribution in [0.15, 0.2) is 48.5 Å². The molecule has 0 heterocycles. The zero-order chi connectivity index (χ0) is 15.1. The van der Waals surface area contributed by atoms with Crippen molar-refractivity contribution in [1.82, 2.24) is 5.43 Å². The molecular formula is C16H17ClN2O2. The van der Waals surface area contributed by atoms with Gasteiger partial charge in [0.2, 0.25) is 5.91 Å². The number of aryl methyl sites for hydroxylation is 1. The molecule has 0 atom stereocenters. The average Bonchev–Trinajstić information content (AvgIpc) is 2.49. The Labute approximate surface area is 129 Å². The normalized spacial score (nSPS) is 10.0. The number of rotatable bonds is 6. The number of nitrogens with one attached hydrogen (secondary N) is 2. The number of ether oxygens (including phenoxy) is 1. The van der Waals surface area contributed by atoms with Crippen LogP contribution in [-0.4, -0.2) is 12.5 Å². The molecule has 110 valence electrons. The number of hydrogen-bond acceptors (Lipinski definition) is 3. The zero-order valence-corrected chi connectivity index (χ0v) is 12.5. The van der Waals surface area contributed by atoms with E-state index < -0.39 is 0 Å². The van der Waals surface area contributed by atoms with E-state index in [-0.39, 0.29) is 12.3 Å². The third-order valence-electron chi connectivity index (χ3n) is 2.81. The van der Waals surface area contributed by atoms with E-state index in [9.17, 15) is 4.79 Å². The molecule has 0 aliphatic heterocycles. The number of amides is 1. The molecule has 0 saturated carbocycles. The summed E-state index contributed by atoms with van der Waals surface area (Å²) in [6.45, 7) is 2.34. The number of carbonyl (C=O) groups excluding carboxylic acids is 1. The van der Waals surface area contributed by atoms with Gasteiger partial charge in [0.15, 0.2) is 0 Å². The lowest BCUT2D eigenvalue weighted by Gasteiger charge is -2.09. The van der Waals surface area contributed by atoms with Crippen molar-refractivity contribution in [2.75, 3.05) is 12.0 Å². The fraction of sp³-hybridized carbons (Fsp3) is 0.188. The van der Waals surface area contributed by atoms with E-state index in [1.807, 2.05) is 31.2 Å². The molecule has 0 aliphatic carbocycles. The van der Waals surface area contributed by atoms with Gasteiger partial charge in [0, 0.05) is 5.02 Å². The molecule has 0 aromatic heterocycles. The Kier molecular flexibility index (Phi) is 5.46. The Hall–Kier alpha value is -2.20. The van der Waals surface area contributed by atoms with Crippen LogP contribution in [-0.2, 0) is 4.79 Å². The van der Waals surface area contributed by atoms with Gasteiger partial charge in [-0.15, -0.1) is 0 Å². The van der Waals surface area contributed by atoms with Gasteiger partial charge in [-0.05, 0) is 43.3 Å². The largest absolute Gasteiger partial charge is 0.493 e. The van der Waals surface area contributed by atoms with Crippen LogP contribution < -0.4 is 15.6 Å². The summed E-state index contributed by atoms with van der Waals surface area (Å²) in [6.07, 6.45) is 0.272. The molecule has 5 heteroatoms. The molecule has 21 heavy (non-hydrogen) atoms. The van der Waals surface area contributed by atoms with Gasteiger partial charge < -0.3 is 4.74 Å². The summed E-state index contributed by atoms with van der Waals surface area (Å²) in [4.78, 5) is 11.6. The molecule has 0 radical (unpaired) electrons. The van der Waals surface area contributed by atoms with Crippen molar-refractivity contribution in [3.8, 4) is 5.75 Å². The highest BCUT2D eigenvalue weighted by molar-refractivity contribution is 6.30. The lowest BCUT2D eigenvalue weighted by atomic mass is 10.2. The SMILES string of the molecule is Cc1ccc(OCCC(=O)NNc2ccc(Cl)cc2)cc1. The van der Waals surface area contributed by atoms with Gasteiger partial charge in [-0.3, -0.25) is 15.6 Å². The lowest BCUT2D eigenvalue weighted by molar-refractivity contribution is -0.121. The Morgan fingerprint density at radius 1 is 1.10 bits per heavy atom. The van der Waals surface area contributed by atoms with E-state index >= 15 is 0 Å². The first kappa shape index (κ1) is 15.2. The van der Waals surface area contributed by atoms with Crippen molar-refractivity contribution in [3.63, 3.8) is 0 Å². The third-order valence-corrected chi connectivity index (χ3v) is 3.06. The second-order valence-electron chi connectivity index (χ2n) is 4.59. The quantitative estimate of drug-likeness (QED) is 0.802. The minimum Gasteiger partial charge on any atom is -0.493 e. The van der Waals surface area contributed by atoms with Crippen molar-refractivity contribution in [2.45, 2.75) is 13.3 Å². The van der Waals surface area contributed by atoms with Crippen molar-refractivity contribution < 1.29 is 9.53 Å². The Balaban J connectivity index is 1.67. The van der Waals surface area contributed by atoms with Gasteiger partial charge in [-0.2, -0.15) is 0 Å². The number of hydrazine groups is 1. The van der Waals surface area contributed by atoms with E-state index in [4.69, 9.17) is 16.3 Å². The first-order valence-corrected chi connectivity index (χ1v) is 7.01. The minimum absolute atomic E-state index is 0.142. The van der Waals surface area contributed by atoms with Gasteiger partial charge in [-0.1, -0.05) is 29.3 Å². The second-order valence-corrected chi connectivity index (χ2v) is 5.03. The fourth-order valence-electron chi connectivity index (χ4n) is 1.63. The van der Waals surface area contributed by atoms with Crippen molar-refractivity contribution in [1.29, 1.82) is 0 Å². The first-order valence-electron chi connectivity index (χ1n) is 6.63. The minimum atomic E-state index is -0.142. The van der Waals surface area contributed by atoms with E-state index in [2.05, 4.69) is 10.9 Å². The van der Waals surface area contributed by atoms with Crippen LogP contribution in [0.25, 0.3) is 0 Å². The summed E-state index contributed by atoms with van der Waals surface area (Å²) < 4.78 is 5.49. The summed E-state index contributed by atoms with van der Waals surface area (Å²) in [6, 6.07) is 14.8. The molecule has 0 fully saturated rings. The van der Waals surface area contributed by atoms with E-state index in [0.29, 0.717) is 11.6 Å². The number of carbonyl (C=O) groups is 1. The number of hydrogen-bond donors (Lipinski definition) is 2. The fourth-order valence-corrected chi connectivity index (χ4v) is 1.76. The molecule has 0 aliphatic rings. The molecule has 0 spiro atoms. The molecule has 2 N–H and O–H groups in total. The second kappa shape index (κ2) is 7.55. The van der Waals surface area contributed by atoms with Gasteiger partial charge in [0.05, 0.1) is 18.7 Å². The van der Waals surface area contributed by atoms with Crippen molar-refractivity contribution >= 4 is 23.2 Å². The van der Waals surface area contributed by atoms with Crippen LogP contribution in [0, 0.1) is 6.92 Å². The predicted molar refractivity (Wildman–Crippen MR) is 84.5 cm³/mol. The molecular weight excluding hydrogens is 288 g/mol. The molecule has 2 aromatic carbocycles. The molecule has 2 aromatic rings. The summed E-state index contributed by atoms with van der Waals surface area (Å²) in [5, 5.41) is 0.651. The highest BCUT2D eigenvalue weighted by Crippen LogP contribution is 2.13. The number of anilines is 1. The van der Waals surface area contributed by atoms with Crippen molar-refractivity contribution in [2.24, 2.45) is 0 Å². The Bertz CT molecular complexity index is 582. The third kappa shape index (κ3) is 5.36. The molecule has 0 unspecified atom stereocenters. The molecule has 0 bridgehead atoms. The van der Waals surface area contributed by atoms with E-state index in [1.165, 1.54) is 5.56 Å². The Morgan fingerprint density at radius 3 is 2.43 bits per heavy atom. The predicted octanol–water partition coefficient (Wildman–Crippen LogP) is 3.56. The highest BCUT2D eigenvalue weighted by Gasteiger charge is 2.02. The number of benzene rings is 2. The topological polar surface area (TPSA) is 50.4 Å². The van der Waals surface area contributed by atoms with Gasteiger partial charge in [0.1, 0.15) is 5.75 Å². The highest BCUT2D eigenvalue weighted by atomic mass is 35.5. The van der Waals surface area contributed by atoms with E-state index in [0.717, 1.165) is 11.4 Å². The average molecular weight is 305 g/mol. The molecule has 4 nitrogen and oxygen atoms in total. The van der Waals surface area contributed by atoms with Crippen molar-refractivity contribution in [3.05, 3.63) is 59.1 Å². The summed E-state index contributed by atoms with van der Waals surface area (Å²) in [7, 11) is 0. The zero-order valence-electron chi connectivity index (χ0n) is 11.7. The molecule has 0 saturated heterocycles. The smallest absolute Gasteiger partial charge is 0.241 e. The summed E-state index contributed by atoms with van der Waals surface area (Å²) in [5.74, 6) is 0.621.